The molecule has 6 nitrogen and oxygen atoms in total. The molecule has 0 aliphatic rings. The molecule has 0 unspecified atom stereocenters. The van der Waals surface area contributed by atoms with Crippen LogP contribution in [0.1, 0.15) is 31.2 Å². The number of hydrogen-bond acceptors (Lipinski definition) is 5. The molecule has 144 valence electrons. The van der Waals surface area contributed by atoms with Crippen LogP contribution in [0.4, 0.5) is 5.69 Å². The van der Waals surface area contributed by atoms with Crippen LogP contribution in [0.5, 0.6) is 0 Å². The number of amides is 2. The van der Waals surface area contributed by atoms with Crippen molar-refractivity contribution in [3.63, 3.8) is 0 Å². The summed E-state index contributed by atoms with van der Waals surface area (Å²) in [6.07, 6.45) is 0. The standard InChI is InChI=1S/C20H24N2O4S/c1-12-6-7-13(2)17(8-12)21-18(23)10-22(5)19(24)11-26-20(25)16-9-14(3)27-15(16)4/h6-9H,10-11H2,1-5H3,(H,21,23). The first-order valence-corrected chi connectivity index (χ1v) is 9.34. The number of benzene rings is 1. The third kappa shape index (κ3) is 5.65. The van der Waals surface area contributed by atoms with E-state index in [-0.39, 0.29) is 12.5 Å². The number of ether oxygens (including phenoxy) is 1. The second-order valence-electron chi connectivity index (χ2n) is 6.52. The maximum absolute atomic E-state index is 12.2. The lowest BCUT2D eigenvalue weighted by atomic mass is 10.1. The lowest BCUT2D eigenvalue weighted by molar-refractivity contribution is -0.136. The average Bonchev–Trinajstić information content (AvgIpc) is 2.93. The van der Waals surface area contributed by atoms with E-state index < -0.39 is 18.5 Å². The molecule has 1 N–H and O–H groups in total. The molecular weight excluding hydrogens is 364 g/mol. The van der Waals surface area contributed by atoms with Crippen LogP contribution in [-0.4, -0.2) is 42.9 Å². The van der Waals surface area contributed by atoms with Gasteiger partial charge in [-0.1, -0.05) is 12.1 Å². The van der Waals surface area contributed by atoms with Crippen LogP contribution >= 0.6 is 11.3 Å². The van der Waals surface area contributed by atoms with Crippen LogP contribution in [0.15, 0.2) is 24.3 Å². The molecule has 0 radical (unpaired) electrons. The van der Waals surface area contributed by atoms with Gasteiger partial charge in [0.2, 0.25) is 5.91 Å². The minimum Gasteiger partial charge on any atom is -0.452 e. The maximum Gasteiger partial charge on any atom is 0.339 e. The molecular formula is C20H24N2O4S. The second-order valence-corrected chi connectivity index (χ2v) is 7.98. The maximum atomic E-state index is 12.2. The summed E-state index contributed by atoms with van der Waals surface area (Å²) in [5, 5.41) is 2.80. The van der Waals surface area contributed by atoms with Gasteiger partial charge in [0, 0.05) is 22.5 Å². The van der Waals surface area contributed by atoms with Gasteiger partial charge < -0.3 is 15.0 Å². The minimum absolute atomic E-state index is 0.125. The van der Waals surface area contributed by atoms with Crippen molar-refractivity contribution in [3.8, 4) is 0 Å². The summed E-state index contributed by atoms with van der Waals surface area (Å²) in [4.78, 5) is 39.5. The Bertz CT molecular complexity index is 873. The topological polar surface area (TPSA) is 75.7 Å². The fraction of sp³-hybridized carbons (Fsp3) is 0.350. The number of anilines is 1. The zero-order chi connectivity index (χ0) is 20.1. The monoisotopic (exact) mass is 388 g/mol. The Labute approximate surface area is 163 Å². The number of rotatable bonds is 6. The Kier molecular flexibility index (Phi) is 6.74. The first kappa shape index (κ1) is 20.6. The van der Waals surface area contributed by atoms with Crippen molar-refractivity contribution in [1.82, 2.24) is 4.90 Å². The normalized spacial score (nSPS) is 10.4. The fourth-order valence-electron chi connectivity index (χ4n) is 2.51. The molecule has 2 rings (SSSR count). The number of aryl methyl sites for hydroxylation is 4. The Hall–Kier alpha value is -2.67. The highest BCUT2D eigenvalue weighted by molar-refractivity contribution is 7.12. The predicted molar refractivity (Wildman–Crippen MR) is 106 cm³/mol. The van der Waals surface area contributed by atoms with Crippen LogP contribution in [0, 0.1) is 27.7 Å². The highest BCUT2D eigenvalue weighted by Gasteiger charge is 2.18. The molecule has 0 atom stereocenters. The third-order valence-corrected chi connectivity index (χ3v) is 5.03. The van der Waals surface area contributed by atoms with E-state index in [0.29, 0.717) is 5.56 Å². The number of carbonyl (C=O) groups excluding carboxylic acids is 3. The Balaban J connectivity index is 1.86. The van der Waals surface area contributed by atoms with E-state index in [1.807, 2.05) is 45.9 Å². The summed E-state index contributed by atoms with van der Waals surface area (Å²) in [5.74, 6) is -1.28. The van der Waals surface area contributed by atoms with Crippen molar-refractivity contribution in [2.45, 2.75) is 27.7 Å². The van der Waals surface area contributed by atoms with Crippen LogP contribution < -0.4 is 5.32 Å². The Morgan fingerprint density at radius 1 is 1.11 bits per heavy atom. The zero-order valence-corrected chi connectivity index (χ0v) is 17.0. The number of nitrogens with one attached hydrogen (secondary N) is 1. The second kappa shape index (κ2) is 8.81. The molecule has 2 aromatic rings. The van der Waals surface area contributed by atoms with E-state index in [9.17, 15) is 14.4 Å². The van der Waals surface area contributed by atoms with Gasteiger partial charge in [0.1, 0.15) is 0 Å². The lowest BCUT2D eigenvalue weighted by Crippen LogP contribution is -2.37. The van der Waals surface area contributed by atoms with Crippen molar-refractivity contribution in [2.75, 3.05) is 25.5 Å². The Morgan fingerprint density at radius 3 is 2.44 bits per heavy atom. The number of nitrogens with zero attached hydrogens (tertiary/aromatic N) is 1. The summed E-state index contributed by atoms with van der Waals surface area (Å²) in [5.41, 5.74) is 3.17. The molecule has 0 spiro atoms. The van der Waals surface area contributed by atoms with Crippen molar-refractivity contribution in [3.05, 3.63) is 50.7 Å². The number of thiophene rings is 1. The fourth-order valence-corrected chi connectivity index (χ4v) is 3.42. The van der Waals surface area contributed by atoms with Crippen molar-refractivity contribution in [1.29, 1.82) is 0 Å². The lowest BCUT2D eigenvalue weighted by Gasteiger charge is -2.17. The van der Waals surface area contributed by atoms with Gasteiger partial charge in [-0.25, -0.2) is 4.79 Å². The first-order chi connectivity index (χ1) is 12.7. The molecule has 1 aromatic heterocycles. The van der Waals surface area contributed by atoms with Crippen molar-refractivity contribution >= 4 is 34.8 Å². The number of carbonyl (C=O) groups is 3. The summed E-state index contributed by atoms with van der Waals surface area (Å²) >= 11 is 1.50. The molecule has 0 aliphatic heterocycles. The summed E-state index contributed by atoms with van der Waals surface area (Å²) in [6, 6.07) is 7.51. The van der Waals surface area contributed by atoms with E-state index >= 15 is 0 Å². The van der Waals surface area contributed by atoms with E-state index in [2.05, 4.69) is 5.32 Å². The molecule has 0 fully saturated rings. The minimum atomic E-state index is -0.529. The molecule has 0 aliphatic carbocycles. The molecule has 1 aromatic carbocycles. The molecule has 27 heavy (non-hydrogen) atoms. The van der Waals surface area contributed by atoms with E-state index in [1.165, 1.54) is 23.3 Å². The zero-order valence-electron chi connectivity index (χ0n) is 16.2. The number of hydrogen-bond donors (Lipinski definition) is 1. The van der Waals surface area contributed by atoms with Gasteiger partial charge in [-0.15, -0.1) is 11.3 Å². The number of esters is 1. The van der Waals surface area contributed by atoms with Crippen LogP contribution in [-0.2, 0) is 14.3 Å². The quantitative estimate of drug-likeness (QED) is 0.771. The van der Waals surface area contributed by atoms with E-state index in [4.69, 9.17) is 4.74 Å². The highest BCUT2D eigenvalue weighted by Crippen LogP contribution is 2.21. The van der Waals surface area contributed by atoms with Crippen LogP contribution in [0.25, 0.3) is 0 Å². The van der Waals surface area contributed by atoms with E-state index in [1.54, 1.807) is 6.07 Å². The molecule has 0 bridgehead atoms. The summed E-state index contributed by atoms with van der Waals surface area (Å²) < 4.78 is 5.08. The first-order valence-electron chi connectivity index (χ1n) is 8.52. The van der Waals surface area contributed by atoms with Crippen LogP contribution in [0.3, 0.4) is 0 Å². The van der Waals surface area contributed by atoms with Gasteiger partial charge in [-0.05, 0) is 51.0 Å². The van der Waals surface area contributed by atoms with Gasteiger partial charge in [-0.2, -0.15) is 0 Å². The molecule has 7 heteroatoms. The summed E-state index contributed by atoms with van der Waals surface area (Å²) in [6.45, 7) is 7.05. The Morgan fingerprint density at radius 2 is 1.81 bits per heavy atom. The molecule has 2 amide bonds. The van der Waals surface area contributed by atoms with Crippen molar-refractivity contribution in [2.24, 2.45) is 0 Å². The predicted octanol–water partition coefficient (Wildman–Crippen LogP) is 3.24. The largest absolute Gasteiger partial charge is 0.452 e. The smallest absolute Gasteiger partial charge is 0.339 e. The van der Waals surface area contributed by atoms with Gasteiger partial charge in [0.25, 0.3) is 5.91 Å². The number of likely N-dealkylation sites (N-methyl/N-ethyl adjacent to an activating group) is 1. The van der Waals surface area contributed by atoms with Gasteiger partial charge in [0.05, 0.1) is 12.1 Å². The van der Waals surface area contributed by atoms with E-state index in [0.717, 1.165) is 26.6 Å². The van der Waals surface area contributed by atoms with Crippen LogP contribution in [0.2, 0.25) is 0 Å². The SMILES string of the molecule is Cc1ccc(C)c(NC(=O)CN(C)C(=O)COC(=O)c2cc(C)sc2C)c1. The molecule has 1 heterocycles. The summed E-state index contributed by atoms with van der Waals surface area (Å²) in [7, 11) is 1.50. The van der Waals surface area contributed by atoms with Crippen molar-refractivity contribution < 1.29 is 19.1 Å². The molecule has 0 saturated carbocycles. The average molecular weight is 388 g/mol. The molecule has 0 saturated heterocycles. The highest BCUT2D eigenvalue weighted by atomic mass is 32.1. The third-order valence-electron chi connectivity index (χ3n) is 4.06. The van der Waals surface area contributed by atoms with Gasteiger partial charge in [0.15, 0.2) is 6.61 Å². The van der Waals surface area contributed by atoms with Gasteiger partial charge in [-0.3, -0.25) is 9.59 Å². The van der Waals surface area contributed by atoms with Gasteiger partial charge >= 0.3 is 5.97 Å².